The lowest BCUT2D eigenvalue weighted by atomic mass is 10.1. The average molecular weight is 340 g/mol. The van der Waals surface area contributed by atoms with Crippen LogP contribution < -0.4 is 0 Å². The zero-order chi connectivity index (χ0) is 16.7. The second kappa shape index (κ2) is 5.44. The first kappa shape index (κ1) is 16.0. The Morgan fingerprint density at radius 3 is 2.32 bits per heavy atom. The van der Waals surface area contributed by atoms with Gasteiger partial charge in [0.15, 0.2) is 5.69 Å². The van der Waals surface area contributed by atoms with Crippen molar-refractivity contribution in [3.63, 3.8) is 0 Å². The number of nitro groups is 1. The Kier molecular flexibility index (Phi) is 3.96. The minimum atomic E-state index is -4.93. The van der Waals surface area contributed by atoms with E-state index in [2.05, 4.69) is 9.97 Å². The summed E-state index contributed by atoms with van der Waals surface area (Å²) < 4.78 is 65.0. The highest BCUT2D eigenvalue weighted by atomic mass is 35.5. The van der Waals surface area contributed by atoms with E-state index >= 15 is 0 Å². The fourth-order valence-electron chi connectivity index (χ4n) is 1.61. The summed E-state index contributed by atoms with van der Waals surface area (Å²) in [6, 6.07) is 0.582. The van der Waals surface area contributed by atoms with Gasteiger partial charge in [-0.05, 0) is 0 Å². The van der Waals surface area contributed by atoms with Crippen LogP contribution >= 0.6 is 11.6 Å². The van der Waals surface area contributed by atoms with Gasteiger partial charge < -0.3 is 0 Å². The van der Waals surface area contributed by atoms with Gasteiger partial charge in [-0.2, -0.15) is 17.6 Å². The topological polar surface area (TPSA) is 68.9 Å². The van der Waals surface area contributed by atoms with E-state index in [0.717, 1.165) is 0 Å². The molecule has 0 fully saturated rings. The number of nitrogens with zero attached hydrogens (tertiary/aromatic N) is 3. The van der Waals surface area contributed by atoms with E-state index in [0.29, 0.717) is 12.4 Å². The zero-order valence-electron chi connectivity index (χ0n) is 10.2. The van der Waals surface area contributed by atoms with Crippen molar-refractivity contribution in [3.8, 4) is 11.3 Å². The van der Waals surface area contributed by atoms with Crippen LogP contribution in [-0.4, -0.2) is 14.9 Å². The third-order valence-corrected chi connectivity index (χ3v) is 2.90. The van der Waals surface area contributed by atoms with E-state index in [9.17, 15) is 32.1 Å². The number of rotatable bonds is 2. The minimum Gasteiger partial charge on any atom is -0.258 e. The molecule has 11 heteroatoms. The van der Waals surface area contributed by atoms with Crippen molar-refractivity contribution in [1.29, 1.82) is 0 Å². The van der Waals surface area contributed by atoms with E-state index in [4.69, 9.17) is 11.6 Å². The van der Waals surface area contributed by atoms with Crippen LogP contribution in [0.1, 0.15) is 5.69 Å². The van der Waals surface area contributed by atoms with Gasteiger partial charge in [0.25, 0.3) is 0 Å². The number of benzene rings is 1. The standard InChI is InChI=1S/C11H3ClF5N3O2/c12-8-9(18-3-19-10(8)11(15,16)17)4-1-7(20(21)22)6(14)2-5(4)13/h1-3H. The van der Waals surface area contributed by atoms with E-state index in [1.54, 1.807) is 0 Å². The normalized spacial score (nSPS) is 11.5. The number of nitro benzene ring substituents is 1. The number of halogens is 6. The molecule has 2 aromatic rings. The maximum Gasteiger partial charge on any atom is 0.434 e. The molecule has 0 aliphatic heterocycles. The molecule has 0 unspecified atom stereocenters. The lowest BCUT2D eigenvalue weighted by Crippen LogP contribution is -2.10. The van der Waals surface area contributed by atoms with Gasteiger partial charge in [-0.25, -0.2) is 14.4 Å². The summed E-state index contributed by atoms with van der Waals surface area (Å²) in [5.41, 5.74) is -4.14. The SMILES string of the molecule is O=[N+]([O-])c1cc(-c2ncnc(C(F)(F)F)c2Cl)c(F)cc1F. The first-order valence-electron chi connectivity index (χ1n) is 5.34. The van der Waals surface area contributed by atoms with Crippen molar-refractivity contribution in [1.82, 2.24) is 9.97 Å². The van der Waals surface area contributed by atoms with Crippen LogP contribution in [-0.2, 0) is 6.18 Å². The van der Waals surface area contributed by atoms with Gasteiger partial charge in [-0.1, -0.05) is 11.6 Å². The second-order valence-electron chi connectivity index (χ2n) is 3.92. The largest absolute Gasteiger partial charge is 0.434 e. The molecule has 1 heterocycles. The first-order valence-corrected chi connectivity index (χ1v) is 5.72. The third kappa shape index (κ3) is 2.82. The van der Waals surface area contributed by atoms with Gasteiger partial charge in [-0.15, -0.1) is 0 Å². The predicted octanol–water partition coefficient (Wildman–Crippen LogP) is 4.00. The van der Waals surface area contributed by atoms with Gasteiger partial charge in [-0.3, -0.25) is 10.1 Å². The van der Waals surface area contributed by atoms with Crippen LogP contribution in [0, 0.1) is 21.7 Å². The van der Waals surface area contributed by atoms with Crippen LogP contribution in [0.4, 0.5) is 27.6 Å². The summed E-state index contributed by atoms with van der Waals surface area (Å²) in [4.78, 5) is 15.8. The molecule has 0 N–H and O–H groups in total. The van der Waals surface area contributed by atoms with E-state index in [1.165, 1.54) is 0 Å². The van der Waals surface area contributed by atoms with Gasteiger partial charge in [0.2, 0.25) is 5.82 Å². The summed E-state index contributed by atoms with van der Waals surface area (Å²) in [5, 5.41) is 9.58. The number of alkyl halides is 3. The smallest absolute Gasteiger partial charge is 0.258 e. The first-order chi connectivity index (χ1) is 10.1. The van der Waals surface area contributed by atoms with Gasteiger partial charge >= 0.3 is 11.9 Å². The number of aromatic nitrogens is 2. The molecule has 0 saturated heterocycles. The number of hydrogen-bond donors (Lipinski definition) is 0. The molecule has 0 aliphatic carbocycles. The van der Waals surface area contributed by atoms with Gasteiger partial charge in [0.05, 0.1) is 15.6 Å². The summed E-state index contributed by atoms with van der Waals surface area (Å²) in [6.07, 6.45) is -4.46. The van der Waals surface area contributed by atoms with E-state index in [1.807, 2.05) is 0 Å². The molecule has 116 valence electrons. The second-order valence-corrected chi connectivity index (χ2v) is 4.30. The quantitative estimate of drug-likeness (QED) is 0.471. The van der Waals surface area contributed by atoms with Crippen molar-refractivity contribution < 1.29 is 26.9 Å². The summed E-state index contributed by atoms with van der Waals surface area (Å²) in [5.74, 6) is -2.83. The Labute approximate surface area is 123 Å². The molecule has 1 aromatic carbocycles. The van der Waals surface area contributed by atoms with Crippen molar-refractivity contribution in [2.75, 3.05) is 0 Å². The molecule has 0 aliphatic rings. The molecule has 2 rings (SSSR count). The Bertz CT molecular complexity index is 766. The molecule has 5 nitrogen and oxygen atoms in total. The minimum absolute atomic E-state index is 0.166. The highest BCUT2D eigenvalue weighted by Crippen LogP contribution is 2.38. The lowest BCUT2D eigenvalue weighted by Gasteiger charge is -2.11. The lowest BCUT2D eigenvalue weighted by molar-refractivity contribution is -0.387. The summed E-state index contributed by atoms with van der Waals surface area (Å²) >= 11 is 5.50. The molecule has 0 bridgehead atoms. The average Bonchev–Trinajstić information content (AvgIpc) is 2.38. The van der Waals surface area contributed by atoms with E-state index < -0.39 is 50.4 Å². The third-order valence-electron chi connectivity index (χ3n) is 2.55. The van der Waals surface area contributed by atoms with Crippen molar-refractivity contribution >= 4 is 17.3 Å². The Balaban J connectivity index is 2.73. The Morgan fingerprint density at radius 2 is 1.77 bits per heavy atom. The van der Waals surface area contributed by atoms with Crippen LogP contribution in [0.25, 0.3) is 11.3 Å². The summed E-state index contributed by atoms with van der Waals surface area (Å²) in [7, 11) is 0. The highest BCUT2D eigenvalue weighted by Gasteiger charge is 2.37. The molecule has 1 aromatic heterocycles. The van der Waals surface area contributed by atoms with Crippen molar-refractivity contribution in [2.45, 2.75) is 6.18 Å². The van der Waals surface area contributed by atoms with Crippen LogP contribution in [0.15, 0.2) is 18.5 Å². The monoisotopic (exact) mass is 339 g/mol. The molecule has 0 saturated carbocycles. The highest BCUT2D eigenvalue weighted by molar-refractivity contribution is 6.33. The van der Waals surface area contributed by atoms with Gasteiger partial charge in [0, 0.05) is 17.7 Å². The fourth-order valence-corrected chi connectivity index (χ4v) is 1.92. The maximum atomic E-state index is 13.7. The van der Waals surface area contributed by atoms with Crippen molar-refractivity contribution in [3.05, 3.63) is 50.9 Å². The molecule has 0 radical (unpaired) electrons. The fraction of sp³-hybridized carbons (Fsp3) is 0.0909. The molecule has 0 amide bonds. The molecule has 0 spiro atoms. The predicted molar refractivity (Wildman–Crippen MR) is 64.1 cm³/mol. The molecule has 0 atom stereocenters. The van der Waals surface area contributed by atoms with Gasteiger partial charge in [0.1, 0.15) is 12.1 Å². The van der Waals surface area contributed by atoms with Crippen LogP contribution in [0.5, 0.6) is 0 Å². The van der Waals surface area contributed by atoms with E-state index in [-0.39, 0.29) is 6.07 Å². The Hall–Kier alpha value is -2.36. The molecular formula is C11H3ClF5N3O2. The van der Waals surface area contributed by atoms with Crippen molar-refractivity contribution in [2.24, 2.45) is 0 Å². The zero-order valence-corrected chi connectivity index (χ0v) is 10.9. The van der Waals surface area contributed by atoms with Crippen LogP contribution in [0.2, 0.25) is 5.02 Å². The molecular weight excluding hydrogens is 337 g/mol. The summed E-state index contributed by atoms with van der Waals surface area (Å²) in [6.45, 7) is 0. The molecule has 22 heavy (non-hydrogen) atoms. The number of hydrogen-bond acceptors (Lipinski definition) is 4. The Morgan fingerprint density at radius 1 is 1.14 bits per heavy atom. The van der Waals surface area contributed by atoms with Crippen LogP contribution in [0.3, 0.4) is 0 Å². The maximum absolute atomic E-state index is 13.7.